The Morgan fingerprint density at radius 1 is 1.03 bits per heavy atom. The molecule has 0 aromatic carbocycles. The predicted molar refractivity (Wildman–Crippen MR) is 129 cm³/mol. The maximum absolute atomic E-state index is 11.5. The zero-order valence-corrected chi connectivity index (χ0v) is 21.2. The van der Waals surface area contributed by atoms with Gasteiger partial charge in [0, 0.05) is 6.92 Å². The molecule has 0 aromatic rings. The quantitative estimate of drug-likeness (QED) is 0.318. The van der Waals surface area contributed by atoms with Crippen LogP contribution in [0.15, 0.2) is 12.2 Å². The van der Waals surface area contributed by atoms with Gasteiger partial charge in [0.15, 0.2) is 0 Å². The number of ether oxygens (including phenoxy) is 1. The van der Waals surface area contributed by atoms with E-state index < -0.39 is 0 Å². The van der Waals surface area contributed by atoms with Crippen LogP contribution in [0.4, 0.5) is 0 Å². The minimum Gasteiger partial charge on any atom is -0.458 e. The van der Waals surface area contributed by atoms with Gasteiger partial charge in [0.25, 0.3) is 0 Å². The Hall–Kier alpha value is -0.790. The third-order valence-electron chi connectivity index (χ3n) is 10.7. The maximum Gasteiger partial charge on any atom is 0.303 e. The number of carbonyl (C=O) groups is 1. The van der Waals surface area contributed by atoms with Crippen LogP contribution in [0.3, 0.4) is 0 Å². The second-order valence-corrected chi connectivity index (χ2v) is 12.8. The van der Waals surface area contributed by atoms with Crippen molar-refractivity contribution in [3.63, 3.8) is 0 Å². The number of allylic oxidation sites excluding steroid dienone is 1. The van der Waals surface area contributed by atoms with Crippen molar-refractivity contribution < 1.29 is 9.53 Å². The van der Waals surface area contributed by atoms with Crippen LogP contribution >= 0.6 is 0 Å². The van der Waals surface area contributed by atoms with Crippen LogP contribution in [0.5, 0.6) is 0 Å². The highest BCUT2D eigenvalue weighted by Gasteiger charge is 2.60. The van der Waals surface area contributed by atoms with Gasteiger partial charge in [-0.25, -0.2) is 0 Å². The fraction of sp³-hybridized carbons (Fsp3) is 0.897. The molecule has 0 amide bonds. The summed E-state index contributed by atoms with van der Waals surface area (Å²) in [7, 11) is 0. The summed E-state index contributed by atoms with van der Waals surface area (Å²) in [4.78, 5) is 11.5. The molecule has 176 valence electrons. The van der Waals surface area contributed by atoms with Crippen LogP contribution < -0.4 is 0 Å². The molecule has 9 atom stereocenters. The molecule has 0 heterocycles. The summed E-state index contributed by atoms with van der Waals surface area (Å²) >= 11 is 0. The minimum atomic E-state index is -0.139. The average Bonchev–Trinajstić information content (AvgIpc) is 3.05. The predicted octanol–water partition coefficient (Wildman–Crippen LogP) is 7.82. The summed E-state index contributed by atoms with van der Waals surface area (Å²) in [6.45, 7) is 14.1. The molecule has 0 aromatic heterocycles. The van der Waals surface area contributed by atoms with Crippen molar-refractivity contribution in [1.29, 1.82) is 0 Å². The van der Waals surface area contributed by atoms with Gasteiger partial charge in [0.1, 0.15) is 6.10 Å². The summed E-state index contributed by atoms with van der Waals surface area (Å²) in [5, 5.41) is 0. The molecule has 4 aliphatic carbocycles. The van der Waals surface area contributed by atoms with Gasteiger partial charge in [-0.3, -0.25) is 4.79 Å². The van der Waals surface area contributed by atoms with Gasteiger partial charge in [-0.1, -0.05) is 60.0 Å². The second-order valence-electron chi connectivity index (χ2n) is 12.8. The molecule has 3 saturated carbocycles. The van der Waals surface area contributed by atoms with Crippen LogP contribution in [0.2, 0.25) is 0 Å². The molecule has 2 nitrogen and oxygen atoms in total. The summed E-state index contributed by atoms with van der Waals surface area (Å²) in [6.07, 6.45) is 18.5. The van der Waals surface area contributed by atoms with E-state index in [-0.39, 0.29) is 12.1 Å². The molecule has 2 heteroatoms. The Morgan fingerprint density at radius 3 is 2.52 bits per heavy atom. The molecule has 31 heavy (non-hydrogen) atoms. The first-order valence-electron chi connectivity index (χ1n) is 13.5. The lowest BCUT2D eigenvalue weighted by atomic mass is 9.45. The van der Waals surface area contributed by atoms with Crippen LogP contribution in [0.25, 0.3) is 0 Å². The van der Waals surface area contributed by atoms with Crippen LogP contribution in [0.1, 0.15) is 106 Å². The van der Waals surface area contributed by atoms with E-state index in [1.54, 1.807) is 6.92 Å². The first-order valence-corrected chi connectivity index (χ1v) is 13.5. The summed E-state index contributed by atoms with van der Waals surface area (Å²) in [6, 6.07) is 0. The number of carbonyl (C=O) groups excluding carboxylic acids is 1. The molecule has 0 bridgehead atoms. The Kier molecular flexibility index (Phi) is 6.68. The van der Waals surface area contributed by atoms with Crippen LogP contribution in [-0.2, 0) is 9.53 Å². The van der Waals surface area contributed by atoms with Gasteiger partial charge in [0.05, 0.1) is 0 Å². The van der Waals surface area contributed by atoms with E-state index in [0.29, 0.717) is 16.7 Å². The smallest absolute Gasteiger partial charge is 0.303 e. The first-order chi connectivity index (χ1) is 14.6. The molecular formula is C29H48O2. The zero-order valence-electron chi connectivity index (χ0n) is 21.2. The SMILES string of the molecule is CC(=O)O[C@@H]1C=C[C@@]2(C)[C@@H](CC[C@H]3[C@H]2CC[C@]2(C)[C@@H]3CC[C@H]2[C@H](C)CCCC(C)C)C1. The lowest BCUT2D eigenvalue weighted by molar-refractivity contribution is -0.147. The number of rotatable bonds is 6. The van der Waals surface area contributed by atoms with E-state index in [1.807, 2.05) is 0 Å². The Morgan fingerprint density at radius 2 is 1.81 bits per heavy atom. The van der Waals surface area contributed by atoms with Gasteiger partial charge in [-0.2, -0.15) is 0 Å². The summed E-state index contributed by atoms with van der Waals surface area (Å²) in [5.41, 5.74) is 0.877. The monoisotopic (exact) mass is 428 g/mol. The van der Waals surface area contributed by atoms with Crippen LogP contribution in [-0.4, -0.2) is 12.1 Å². The molecule has 4 aliphatic rings. The standard InChI is InChI=1S/C29H48O2/c1-19(2)8-7-9-20(3)25-12-13-26-24-11-10-22-18-23(31-21(4)30)14-16-28(22,5)27(24)15-17-29(25,26)6/h14,16,19-20,22-27H,7-13,15,17-18H2,1-6H3/t20-,22+,23-,24-,25+,26-,27-,28+,29+/m1/s1. The molecule has 0 unspecified atom stereocenters. The highest BCUT2D eigenvalue weighted by Crippen LogP contribution is 2.67. The van der Waals surface area contributed by atoms with E-state index in [2.05, 4.69) is 46.8 Å². The van der Waals surface area contributed by atoms with E-state index >= 15 is 0 Å². The fourth-order valence-corrected chi connectivity index (χ4v) is 9.10. The van der Waals surface area contributed by atoms with E-state index in [1.165, 1.54) is 57.8 Å². The van der Waals surface area contributed by atoms with Crippen molar-refractivity contribution in [3.05, 3.63) is 12.2 Å². The maximum atomic E-state index is 11.5. The van der Waals surface area contributed by atoms with Crippen molar-refractivity contribution in [2.24, 2.45) is 52.3 Å². The molecule has 0 aliphatic heterocycles. The number of fused-ring (bicyclic) bond motifs is 5. The topological polar surface area (TPSA) is 26.3 Å². The molecule has 0 N–H and O–H groups in total. The lowest BCUT2D eigenvalue weighted by Gasteiger charge is -2.59. The summed E-state index contributed by atoms with van der Waals surface area (Å²) < 4.78 is 5.57. The van der Waals surface area contributed by atoms with E-state index in [0.717, 1.165) is 41.9 Å². The third kappa shape index (κ3) is 4.26. The Labute approximate surface area is 192 Å². The normalized spacial score (nSPS) is 45.0. The van der Waals surface area contributed by atoms with Gasteiger partial charge >= 0.3 is 5.97 Å². The van der Waals surface area contributed by atoms with Crippen LogP contribution in [0, 0.1) is 52.3 Å². The first kappa shape index (κ1) is 23.4. The van der Waals surface area contributed by atoms with Gasteiger partial charge in [-0.15, -0.1) is 0 Å². The van der Waals surface area contributed by atoms with Crippen molar-refractivity contribution in [2.45, 2.75) is 112 Å². The van der Waals surface area contributed by atoms with Gasteiger partial charge < -0.3 is 4.74 Å². The average molecular weight is 429 g/mol. The van der Waals surface area contributed by atoms with E-state index in [4.69, 9.17) is 4.74 Å². The fourth-order valence-electron chi connectivity index (χ4n) is 9.10. The van der Waals surface area contributed by atoms with Crippen molar-refractivity contribution in [3.8, 4) is 0 Å². The lowest BCUT2D eigenvalue weighted by Crippen LogP contribution is -2.53. The second kappa shape index (κ2) is 8.86. The van der Waals surface area contributed by atoms with Crippen molar-refractivity contribution in [2.75, 3.05) is 0 Å². The highest BCUT2D eigenvalue weighted by atomic mass is 16.5. The number of esters is 1. The number of hydrogen-bond donors (Lipinski definition) is 0. The van der Waals surface area contributed by atoms with Gasteiger partial charge in [-0.05, 0) is 103 Å². The van der Waals surface area contributed by atoms with Gasteiger partial charge in [0.2, 0.25) is 0 Å². The van der Waals surface area contributed by atoms with Crippen molar-refractivity contribution >= 4 is 5.97 Å². The molecular weight excluding hydrogens is 380 g/mol. The Balaban J connectivity index is 1.46. The molecule has 3 fully saturated rings. The van der Waals surface area contributed by atoms with Crippen molar-refractivity contribution in [1.82, 2.24) is 0 Å². The number of hydrogen-bond acceptors (Lipinski definition) is 2. The van der Waals surface area contributed by atoms with E-state index in [9.17, 15) is 4.79 Å². The minimum absolute atomic E-state index is 0.00327. The zero-order chi connectivity index (χ0) is 22.4. The molecule has 0 radical (unpaired) electrons. The molecule has 0 spiro atoms. The Bertz CT molecular complexity index is 680. The largest absolute Gasteiger partial charge is 0.458 e. The molecule has 4 rings (SSSR count). The summed E-state index contributed by atoms with van der Waals surface area (Å²) in [5.74, 6) is 5.87. The highest BCUT2D eigenvalue weighted by molar-refractivity contribution is 5.66. The molecule has 0 saturated heterocycles. The third-order valence-corrected chi connectivity index (χ3v) is 10.7.